The average Bonchev–Trinajstić information content (AvgIpc) is 2.77. The first-order valence-electron chi connectivity index (χ1n) is 6.37. The van der Waals surface area contributed by atoms with Crippen molar-refractivity contribution < 1.29 is 0 Å². The Balaban J connectivity index is 2.19. The van der Waals surface area contributed by atoms with Gasteiger partial charge in [-0.05, 0) is 38.6 Å². The molecule has 1 aromatic heterocycles. The van der Waals surface area contributed by atoms with Gasteiger partial charge in [-0.3, -0.25) is 0 Å². The highest BCUT2D eigenvalue weighted by Gasteiger charge is 2.26. The van der Waals surface area contributed by atoms with Gasteiger partial charge in [-0.25, -0.2) is 4.98 Å². The van der Waals surface area contributed by atoms with Gasteiger partial charge < -0.3 is 15.5 Å². The summed E-state index contributed by atoms with van der Waals surface area (Å²) in [5, 5.41) is 0.657. The van der Waals surface area contributed by atoms with E-state index in [4.69, 9.17) is 17.3 Å². The molecule has 0 radical (unpaired) electrons. The van der Waals surface area contributed by atoms with Crippen LogP contribution in [0.15, 0.2) is 12.3 Å². The first kappa shape index (κ1) is 13.6. The highest BCUT2D eigenvalue weighted by atomic mass is 35.5. The molecule has 1 atom stereocenters. The summed E-state index contributed by atoms with van der Waals surface area (Å²) >= 11 is 6.05. The molecule has 1 aliphatic rings. The second kappa shape index (κ2) is 5.87. The van der Waals surface area contributed by atoms with Crippen molar-refractivity contribution >= 4 is 17.4 Å². The Kier molecular flexibility index (Phi) is 4.43. The van der Waals surface area contributed by atoms with E-state index in [9.17, 15) is 0 Å². The summed E-state index contributed by atoms with van der Waals surface area (Å²) in [4.78, 5) is 9.04. The molecular weight excluding hydrogens is 248 g/mol. The molecule has 2 heterocycles. The van der Waals surface area contributed by atoms with Crippen molar-refractivity contribution in [1.29, 1.82) is 0 Å². The quantitative estimate of drug-likeness (QED) is 0.903. The molecule has 4 nitrogen and oxygen atoms in total. The van der Waals surface area contributed by atoms with Crippen LogP contribution in [0.2, 0.25) is 5.02 Å². The molecule has 1 aliphatic heterocycles. The lowest BCUT2D eigenvalue weighted by molar-refractivity contribution is 0.371. The lowest BCUT2D eigenvalue weighted by Crippen LogP contribution is -2.38. The second-order valence-electron chi connectivity index (χ2n) is 5.09. The standard InChI is InChI=1S/C13H21ClN4/c1-17(2)9-11-4-3-5-18(11)13-6-10(7-15)12(14)8-16-13/h6,8,11H,3-5,7,9,15H2,1-2H3. The predicted molar refractivity (Wildman–Crippen MR) is 76.1 cm³/mol. The van der Waals surface area contributed by atoms with Crippen LogP contribution in [-0.4, -0.2) is 43.1 Å². The maximum atomic E-state index is 6.05. The van der Waals surface area contributed by atoms with Crippen molar-refractivity contribution in [3.63, 3.8) is 0 Å². The monoisotopic (exact) mass is 268 g/mol. The lowest BCUT2D eigenvalue weighted by atomic mass is 10.2. The molecule has 1 fully saturated rings. The molecule has 1 aromatic rings. The van der Waals surface area contributed by atoms with Gasteiger partial charge in [0.2, 0.25) is 0 Å². The van der Waals surface area contributed by atoms with Gasteiger partial charge in [0.1, 0.15) is 5.82 Å². The van der Waals surface area contributed by atoms with Crippen LogP contribution < -0.4 is 10.6 Å². The zero-order valence-corrected chi connectivity index (χ0v) is 11.8. The molecule has 5 heteroatoms. The number of pyridine rings is 1. The number of nitrogens with zero attached hydrogens (tertiary/aromatic N) is 3. The molecule has 1 unspecified atom stereocenters. The molecule has 1 saturated heterocycles. The molecular formula is C13H21ClN4. The first-order chi connectivity index (χ1) is 8.61. The highest BCUT2D eigenvalue weighted by Crippen LogP contribution is 2.27. The van der Waals surface area contributed by atoms with Crippen molar-refractivity contribution in [2.45, 2.75) is 25.4 Å². The summed E-state index contributed by atoms with van der Waals surface area (Å²) in [6.45, 7) is 2.58. The number of halogens is 1. The number of hydrogen-bond donors (Lipinski definition) is 1. The predicted octanol–water partition coefficient (Wildman–Crippen LogP) is 1.72. The summed E-state index contributed by atoms with van der Waals surface area (Å²) in [7, 11) is 4.22. The molecule has 0 bridgehead atoms. The number of anilines is 1. The molecule has 2 N–H and O–H groups in total. The van der Waals surface area contributed by atoms with E-state index in [1.165, 1.54) is 12.8 Å². The summed E-state index contributed by atoms with van der Waals surface area (Å²) in [5.74, 6) is 1.00. The lowest BCUT2D eigenvalue weighted by Gasteiger charge is -2.28. The van der Waals surface area contributed by atoms with Crippen molar-refractivity contribution in [3.8, 4) is 0 Å². The maximum Gasteiger partial charge on any atom is 0.129 e. The Bertz CT molecular complexity index is 408. The van der Waals surface area contributed by atoms with Gasteiger partial charge in [-0.1, -0.05) is 11.6 Å². The first-order valence-corrected chi connectivity index (χ1v) is 6.75. The third kappa shape index (κ3) is 2.94. The molecule has 2 rings (SSSR count). The van der Waals surface area contributed by atoms with E-state index in [-0.39, 0.29) is 0 Å². The SMILES string of the molecule is CN(C)CC1CCCN1c1cc(CN)c(Cl)cn1. The third-order valence-corrected chi connectivity index (χ3v) is 3.73. The molecule has 0 aliphatic carbocycles. The number of nitrogens with two attached hydrogens (primary N) is 1. The van der Waals surface area contributed by atoms with Crippen LogP contribution in [0.1, 0.15) is 18.4 Å². The van der Waals surface area contributed by atoms with Crippen LogP contribution in [-0.2, 0) is 6.54 Å². The fraction of sp³-hybridized carbons (Fsp3) is 0.615. The van der Waals surface area contributed by atoms with E-state index in [2.05, 4.69) is 28.9 Å². The van der Waals surface area contributed by atoms with Gasteiger partial charge in [-0.2, -0.15) is 0 Å². The van der Waals surface area contributed by atoms with Crippen molar-refractivity contribution in [2.75, 3.05) is 32.1 Å². The average molecular weight is 269 g/mol. The second-order valence-corrected chi connectivity index (χ2v) is 5.50. The van der Waals surface area contributed by atoms with Crippen molar-refractivity contribution in [1.82, 2.24) is 9.88 Å². The van der Waals surface area contributed by atoms with E-state index in [0.29, 0.717) is 17.6 Å². The maximum absolute atomic E-state index is 6.05. The molecule has 100 valence electrons. The summed E-state index contributed by atoms with van der Waals surface area (Å²) < 4.78 is 0. The van der Waals surface area contributed by atoms with E-state index < -0.39 is 0 Å². The molecule has 18 heavy (non-hydrogen) atoms. The topological polar surface area (TPSA) is 45.4 Å². The summed E-state index contributed by atoms with van der Waals surface area (Å²) in [6.07, 6.45) is 4.16. The normalized spacial score (nSPS) is 19.8. The van der Waals surface area contributed by atoms with Gasteiger partial charge in [0.25, 0.3) is 0 Å². The zero-order valence-electron chi connectivity index (χ0n) is 11.1. The van der Waals surface area contributed by atoms with Crippen molar-refractivity contribution in [3.05, 3.63) is 22.8 Å². The Morgan fingerprint density at radius 1 is 1.56 bits per heavy atom. The van der Waals surface area contributed by atoms with Crippen LogP contribution in [0, 0.1) is 0 Å². The minimum absolute atomic E-state index is 0.459. The van der Waals surface area contributed by atoms with Gasteiger partial charge in [-0.15, -0.1) is 0 Å². The van der Waals surface area contributed by atoms with Crippen LogP contribution in [0.3, 0.4) is 0 Å². The van der Waals surface area contributed by atoms with E-state index in [0.717, 1.165) is 24.5 Å². The Labute approximate surface area is 114 Å². The van der Waals surface area contributed by atoms with Gasteiger partial charge in [0.05, 0.1) is 5.02 Å². The number of aromatic nitrogens is 1. The van der Waals surface area contributed by atoms with E-state index >= 15 is 0 Å². The molecule has 0 saturated carbocycles. The zero-order chi connectivity index (χ0) is 13.1. The minimum atomic E-state index is 0.459. The van der Waals surface area contributed by atoms with Crippen LogP contribution in [0.4, 0.5) is 5.82 Å². The molecule has 0 spiro atoms. The van der Waals surface area contributed by atoms with Crippen LogP contribution >= 0.6 is 11.6 Å². The largest absolute Gasteiger partial charge is 0.352 e. The summed E-state index contributed by atoms with van der Waals surface area (Å²) in [6, 6.07) is 2.57. The van der Waals surface area contributed by atoms with Gasteiger partial charge in [0, 0.05) is 31.9 Å². The number of likely N-dealkylation sites (N-methyl/N-ethyl adjacent to an activating group) is 1. The molecule has 0 aromatic carbocycles. The minimum Gasteiger partial charge on any atom is -0.352 e. The van der Waals surface area contributed by atoms with Crippen LogP contribution in [0.25, 0.3) is 0 Å². The third-order valence-electron chi connectivity index (χ3n) is 3.39. The molecule has 0 amide bonds. The van der Waals surface area contributed by atoms with Gasteiger partial charge >= 0.3 is 0 Å². The number of hydrogen-bond acceptors (Lipinski definition) is 4. The smallest absolute Gasteiger partial charge is 0.129 e. The fourth-order valence-electron chi connectivity index (χ4n) is 2.53. The van der Waals surface area contributed by atoms with Crippen LogP contribution in [0.5, 0.6) is 0 Å². The number of rotatable bonds is 4. The summed E-state index contributed by atoms with van der Waals surface area (Å²) in [5.41, 5.74) is 6.66. The van der Waals surface area contributed by atoms with E-state index in [1.54, 1.807) is 6.20 Å². The van der Waals surface area contributed by atoms with Gasteiger partial charge in [0.15, 0.2) is 0 Å². The Morgan fingerprint density at radius 2 is 2.33 bits per heavy atom. The highest BCUT2D eigenvalue weighted by molar-refractivity contribution is 6.31. The Morgan fingerprint density at radius 3 is 3.00 bits per heavy atom. The van der Waals surface area contributed by atoms with E-state index in [1.807, 2.05) is 6.07 Å². The van der Waals surface area contributed by atoms with Crippen molar-refractivity contribution in [2.24, 2.45) is 5.73 Å². The fourth-order valence-corrected chi connectivity index (χ4v) is 2.71. The Hall–Kier alpha value is -0.840.